The van der Waals surface area contributed by atoms with Gasteiger partial charge >= 0.3 is 0 Å². The van der Waals surface area contributed by atoms with E-state index in [1.807, 2.05) is 24.3 Å². The molecule has 0 saturated heterocycles. The first-order valence-corrected chi connectivity index (χ1v) is 11.6. The third-order valence-corrected chi connectivity index (χ3v) is 7.56. The number of sulfonamides is 1. The third-order valence-electron chi connectivity index (χ3n) is 4.63. The van der Waals surface area contributed by atoms with Crippen LogP contribution in [-0.2, 0) is 16.4 Å². The van der Waals surface area contributed by atoms with Crippen molar-refractivity contribution in [2.45, 2.75) is 29.6 Å². The maximum atomic E-state index is 12.8. The summed E-state index contributed by atoms with van der Waals surface area (Å²) < 4.78 is 28.1. The van der Waals surface area contributed by atoms with E-state index in [0.717, 1.165) is 41.7 Å². The molecule has 1 aliphatic carbocycles. The number of rotatable bonds is 5. The van der Waals surface area contributed by atoms with Crippen LogP contribution < -0.4 is 10.0 Å². The Morgan fingerprint density at radius 3 is 2.66 bits per heavy atom. The summed E-state index contributed by atoms with van der Waals surface area (Å²) in [6.07, 6.45) is 2.56. The Balaban J connectivity index is 1.48. The lowest BCUT2D eigenvalue weighted by atomic mass is 9.88. The summed E-state index contributed by atoms with van der Waals surface area (Å²) in [5.74, 6) is -0.420. The molecule has 0 unspecified atom stereocenters. The van der Waals surface area contributed by atoms with Crippen molar-refractivity contribution in [3.05, 3.63) is 70.2 Å². The van der Waals surface area contributed by atoms with E-state index in [0.29, 0.717) is 10.6 Å². The minimum Gasteiger partial charge on any atom is -0.296 e. The molecule has 1 aliphatic rings. The van der Waals surface area contributed by atoms with Gasteiger partial charge in [0, 0.05) is 16.6 Å². The Morgan fingerprint density at radius 2 is 1.86 bits per heavy atom. The Labute approximate surface area is 177 Å². The topological polar surface area (TPSA) is 101 Å². The van der Waals surface area contributed by atoms with Gasteiger partial charge in [0.1, 0.15) is 0 Å². The number of hydrogen-bond acceptors (Lipinski definition) is 6. The molecule has 0 saturated carbocycles. The molecule has 7 nitrogen and oxygen atoms in total. The molecule has 0 bridgehead atoms. The van der Waals surface area contributed by atoms with Crippen LogP contribution in [-0.4, -0.2) is 24.5 Å². The number of aryl methyl sites for hydroxylation is 1. The summed E-state index contributed by atoms with van der Waals surface area (Å²) in [4.78, 5) is 12.3. The van der Waals surface area contributed by atoms with E-state index in [1.165, 1.54) is 0 Å². The smallest absolute Gasteiger partial charge is 0.270 e. The first-order valence-electron chi connectivity index (χ1n) is 8.93. The molecule has 150 valence electrons. The van der Waals surface area contributed by atoms with Gasteiger partial charge in [0.15, 0.2) is 0 Å². The van der Waals surface area contributed by atoms with Crippen LogP contribution in [0.15, 0.2) is 52.9 Å². The van der Waals surface area contributed by atoms with Gasteiger partial charge in [-0.25, -0.2) is 13.1 Å². The number of hydrogen-bond donors (Lipinski definition) is 2. The molecule has 0 aliphatic heterocycles. The lowest BCUT2D eigenvalue weighted by molar-refractivity contribution is 0.102. The summed E-state index contributed by atoms with van der Waals surface area (Å²) in [5, 5.41) is 10.7. The largest absolute Gasteiger partial charge is 0.296 e. The molecule has 1 amide bonds. The van der Waals surface area contributed by atoms with Crippen molar-refractivity contribution < 1.29 is 13.2 Å². The maximum absolute atomic E-state index is 12.8. The fourth-order valence-electron chi connectivity index (χ4n) is 3.25. The standard InChI is InChI=1S/C19H17ClN4O3S2/c20-14-10-8-13(9-11-14)17(25)21-18-22-23-19(28-18)29(26,27)24-16-7-3-5-12-4-1-2-6-15(12)16/h1-2,4,6,8-11,16,24H,3,5,7H2,(H,21,22,25)/t16-/m0/s1. The van der Waals surface area contributed by atoms with E-state index in [-0.39, 0.29) is 15.5 Å². The summed E-state index contributed by atoms with van der Waals surface area (Å²) in [6, 6.07) is 13.8. The lowest BCUT2D eigenvalue weighted by Gasteiger charge is -2.25. The Morgan fingerprint density at radius 1 is 1.10 bits per heavy atom. The Bertz CT molecular complexity index is 1150. The highest BCUT2D eigenvalue weighted by Gasteiger charge is 2.28. The normalized spacial score (nSPS) is 16.2. The van der Waals surface area contributed by atoms with Gasteiger partial charge in [-0.15, -0.1) is 10.2 Å². The number of halogens is 1. The molecule has 0 spiro atoms. The number of carbonyl (C=O) groups excluding carboxylic acids is 1. The predicted octanol–water partition coefficient (Wildman–Crippen LogP) is 3.80. The molecule has 1 atom stereocenters. The van der Waals surface area contributed by atoms with Gasteiger partial charge in [0.05, 0.1) is 0 Å². The molecular formula is C19H17ClN4O3S2. The quantitative estimate of drug-likeness (QED) is 0.578. The molecule has 2 aromatic carbocycles. The van der Waals surface area contributed by atoms with E-state index < -0.39 is 15.9 Å². The van der Waals surface area contributed by atoms with E-state index in [1.54, 1.807) is 24.3 Å². The molecule has 10 heteroatoms. The number of amides is 1. The van der Waals surface area contributed by atoms with Crippen LogP contribution in [0.2, 0.25) is 5.02 Å². The molecular weight excluding hydrogens is 432 g/mol. The minimum absolute atomic E-state index is 0.106. The first kappa shape index (κ1) is 20.0. The highest BCUT2D eigenvalue weighted by atomic mass is 35.5. The van der Waals surface area contributed by atoms with Crippen LogP contribution in [0.3, 0.4) is 0 Å². The number of carbonyl (C=O) groups is 1. The molecule has 2 N–H and O–H groups in total. The van der Waals surface area contributed by atoms with E-state index in [2.05, 4.69) is 20.2 Å². The zero-order valence-electron chi connectivity index (χ0n) is 15.1. The SMILES string of the molecule is O=C(Nc1nnc(S(=O)(=O)N[C@H]2CCCc3ccccc32)s1)c1ccc(Cl)cc1. The van der Waals surface area contributed by atoms with Crippen LogP contribution in [0, 0.1) is 0 Å². The van der Waals surface area contributed by atoms with Crippen LogP contribution in [0.1, 0.15) is 40.4 Å². The second-order valence-electron chi connectivity index (χ2n) is 6.60. The van der Waals surface area contributed by atoms with Gasteiger partial charge in [-0.3, -0.25) is 10.1 Å². The predicted molar refractivity (Wildman–Crippen MR) is 112 cm³/mol. The molecule has 3 aromatic rings. The zero-order chi connectivity index (χ0) is 20.4. The average Bonchev–Trinajstić information content (AvgIpc) is 3.18. The van der Waals surface area contributed by atoms with Crippen molar-refractivity contribution in [1.82, 2.24) is 14.9 Å². The zero-order valence-corrected chi connectivity index (χ0v) is 17.5. The number of fused-ring (bicyclic) bond motifs is 1. The van der Waals surface area contributed by atoms with E-state index >= 15 is 0 Å². The summed E-state index contributed by atoms with van der Waals surface area (Å²) in [6.45, 7) is 0. The lowest BCUT2D eigenvalue weighted by Crippen LogP contribution is -2.31. The van der Waals surface area contributed by atoms with E-state index in [9.17, 15) is 13.2 Å². The van der Waals surface area contributed by atoms with Gasteiger partial charge in [0.2, 0.25) is 9.47 Å². The van der Waals surface area contributed by atoms with Crippen molar-refractivity contribution in [1.29, 1.82) is 0 Å². The molecule has 4 rings (SSSR count). The second kappa shape index (κ2) is 8.19. The van der Waals surface area contributed by atoms with Gasteiger partial charge in [-0.1, -0.05) is 47.2 Å². The molecule has 0 fully saturated rings. The van der Waals surface area contributed by atoms with Crippen LogP contribution in [0.5, 0.6) is 0 Å². The monoisotopic (exact) mass is 448 g/mol. The Kier molecular flexibility index (Phi) is 5.64. The van der Waals surface area contributed by atoms with Gasteiger partial charge in [-0.2, -0.15) is 0 Å². The van der Waals surface area contributed by atoms with Crippen LogP contribution >= 0.6 is 22.9 Å². The van der Waals surface area contributed by atoms with Gasteiger partial charge in [-0.05, 0) is 54.7 Å². The fourth-order valence-corrected chi connectivity index (χ4v) is 5.54. The third kappa shape index (κ3) is 4.48. The van der Waals surface area contributed by atoms with E-state index in [4.69, 9.17) is 11.6 Å². The highest BCUT2D eigenvalue weighted by molar-refractivity contribution is 7.91. The maximum Gasteiger partial charge on any atom is 0.270 e. The fraction of sp³-hybridized carbons (Fsp3) is 0.211. The number of benzene rings is 2. The highest BCUT2D eigenvalue weighted by Crippen LogP contribution is 2.31. The van der Waals surface area contributed by atoms with Crippen LogP contribution in [0.25, 0.3) is 0 Å². The average molecular weight is 449 g/mol. The molecule has 29 heavy (non-hydrogen) atoms. The number of nitrogens with one attached hydrogen (secondary N) is 2. The van der Waals surface area contributed by atoms with Crippen molar-refractivity contribution in [2.24, 2.45) is 0 Å². The van der Waals surface area contributed by atoms with Crippen LogP contribution in [0.4, 0.5) is 5.13 Å². The molecule has 1 heterocycles. The first-order chi connectivity index (χ1) is 13.9. The Hall–Kier alpha value is -2.33. The van der Waals surface area contributed by atoms with Crippen molar-refractivity contribution in [3.63, 3.8) is 0 Å². The summed E-state index contributed by atoms with van der Waals surface area (Å²) in [5.41, 5.74) is 2.52. The van der Waals surface area contributed by atoms with Crippen molar-refractivity contribution in [2.75, 3.05) is 5.32 Å². The number of anilines is 1. The number of aromatic nitrogens is 2. The number of nitrogens with zero attached hydrogens (tertiary/aromatic N) is 2. The van der Waals surface area contributed by atoms with Crippen molar-refractivity contribution >= 4 is 44.0 Å². The summed E-state index contributed by atoms with van der Waals surface area (Å²) in [7, 11) is -3.86. The molecule has 0 radical (unpaired) electrons. The van der Waals surface area contributed by atoms with Crippen molar-refractivity contribution in [3.8, 4) is 0 Å². The second-order valence-corrected chi connectivity index (χ2v) is 9.90. The minimum atomic E-state index is -3.86. The van der Waals surface area contributed by atoms with Gasteiger partial charge in [0.25, 0.3) is 15.9 Å². The molecule has 1 aromatic heterocycles. The van der Waals surface area contributed by atoms with Gasteiger partial charge < -0.3 is 0 Å². The summed E-state index contributed by atoms with van der Waals surface area (Å²) >= 11 is 6.62.